The van der Waals surface area contributed by atoms with Gasteiger partial charge in [-0.3, -0.25) is 0 Å². The van der Waals surface area contributed by atoms with E-state index in [-0.39, 0.29) is 11.2 Å². The highest BCUT2D eigenvalue weighted by Crippen LogP contribution is 2.26. The molecule has 216 valence electrons. The Labute approximate surface area is 225 Å². The van der Waals surface area contributed by atoms with E-state index >= 15 is 0 Å². The second-order valence-electron chi connectivity index (χ2n) is 17.2. The molecule has 0 aliphatic carbocycles. The number of unbranched alkanes of at least 4 members (excludes halogenated alkanes) is 1. The average Bonchev–Trinajstić information content (AvgIpc) is 2.51. The maximum absolute atomic E-state index is 5.62. The molecule has 0 rings (SSSR count). The normalized spacial score (nSPS) is 13.5. The zero-order chi connectivity index (χ0) is 28.8. The Kier molecular flexibility index (Phi) is 18.8. The van der Waals surface area contributed by atoms with Gasteiger partial charge in [-0.15, -0.1) is 0 Å². The molecule has 0 unspecified atom stereocenters. The van der Waals surface area contributed by atoms with E-state index in [1.807, 2.05) is 0 Å². The molecule has 0 saturated carbocycles. The molecule has 0 N–H and O–H groups in total. The van der Waals surface area contributed by atoms with Crippen LogP contribution in [0.15, 0.2) is 0 Å². The molecule has 0 fully saturated rings. The zero-order valence-electron chi connectivity index (χ0n) is 28.2. The van der Waals surface area contributed by atoms with Gasteiger partial charge in [-0.2, -0.15) is 0 Å². The number of ether oxygens (including phenoxy) is 2. The first-order valence-corrected chi connectivity index (χ1v) is 14.4. The standard InChI is InChI=1S/C12H26.C11H24O.C10H22O/c1-11(2,3)9-7-8-10-12(4,5)6;1-10(2,3)8-7-9-12-11(4,5)6;1-9(2,3)7-8-11-10(4,5)6/h7-10H2,1-6H3;7-9H2,1-6H3;7-8H2,1-6H3. The zero-order valence-corrected chi connectivity index (χ0v) is 28.2. The van der Waals surface area contributed by atoms with Crippen LogP contribution in [0, 0.1) is 21.7 Å². The summed E-state index contributed by atoms with van der Waals surface area (Å²) in [4.78, 5) is 0. The Hall–Kier alpha value is -0.0800. The van der Waals surface area contributed by atoms with Crippen LogP contribution in [0.25, 0.3) is 0 Å². The molecule has 35 heavy (non-hydrogen) atoms. The molecule has 0 amide bonds. The third kappa shape index (κ3) is 51.4. The minimum atomic E-state index is 0.0191. The Morgan fingerprint density at radius 1 is 0.314 bits per heavy atom. The van der Waals surface area contributed by atoms with Crippen molar-refractivity contribution >= 4 is 0 Å². The van der Waals surface area contributed by atoms with Gasteiger partial charge in [0.1, 0.15) is 0 Å². The Morgan fingerprint density at radius 2 is 0.571 bits per heavy atom. The Bertz CT molecular complexity index is 398. The molecule has 0 bridgehead atoms. The van der Waals surface area contributed by atoms with Crippen LogP contribution in [0.4, 0.5) is 0 Å². The lowest BCUT2D eigenvalue weighted by Gasteiger charge is -2.23. The van der Waals surface area contributed by atoms with Crippen molar-refractivity contribution in [2.75, 3.05) is 13.2 Å². The molecule has 0 aromatic carbocycles. The van der Waals surface area contributed by atoms with Gasteiger partial charge in [0.15, 0.2) is 0 Å². The van der Waals surface area contributed by atoms with Gasteiger partial charge in [0, 0.05) is 13.2 Å². The summed E-state index contributed by atoms with van der Waals surface area (Å²) >= 11 is 0. The summed E-state index contributed by atoms with van der Waals surface area (Å²) in [5.74, 6) is 0. The van der Waals surface area contributed by atoms with E-state index in [1.165, 1.54) is 38.5 Å². The van der Waals surface area contributed by atoms with Gasteiger partial charge in [0.2, 0.25) is 0 Å². The van der Waals surface area contributed by atoms with Gasteiger partial charge in [0.05, 0.1) is 11.2 Å². The van der Waals surface area contributed by atoms with E-state index < -0.39 is 0 Å². The third-order valence-corrected chi connectivity index (χ3v) is 5.10. The van der Waals surface area contributed by atoms with Crippen LogP contribution in [0.2, 0.25) is 0 Å². The maximum atomic E-state index is 5.62. The molecule has 0 saturated heterocycles. The van der Waals surface area contributed by atoms with E-state index in [1.54, 1.807) is 0 Å². The van der Waals surface area contributed by atoms with Crippen molar-refractivity contribution in [2.45, 2.75) is 181 Å². The second kappa shape index (κ2) is 16.7. The predicted octanol–water partition coefficient (Wildman–Crippen LogP) is 11.5. The summed E-state index contributed by atoms with van der Waals surface area (Å²) < 4.78 is 11.2. The molecule has 2 heteroatoms. The van der Waals surface area contributed by atoms with Crippen LogP contribution in [-0.4, -0.2) is 24.4 Å². The highest BCUT2D eigenvalue weighted by molar-refractivity contribution is 4.66. The summed E-state index contributed by atoms with van der Waals surface area (Å²) in [6.07, 6.45) is 9.04. The molecule has 0 aromatic heterocycles. The lowest BCUT2D eigenvalue weighted by atomic mass is 9.85. The van der Waals surface area contributed by atoms with Crippen molar-refractivity contribution in [3.63, 3.8) is 0 Å². The minimum Gasteiger partial charge on any atom is -0.376 e. The van der Waals surface area contributed by atoms with Gasteiger partial charge in [-0.1, -0.05) is 95.9 Å². The van der Waals surface area contributed by atoms with E-state index in [9.17, 15) is 0 Å². The topological polar surface area (TPSA) is 18.5 Å². The van der Waals surface area contributed by atoms with Crippen LogP contribution in [-0.2, 0) is 9.47 Å². The molecule has 0 aliphatic heterocycles. The molecule has 0 radical (unpaired) electrons. The van der Waals surface area contributed by atoms with Crippen LogP contribution < -0.4 is 0 Å². The summed E-state index contributed by atoms with van der Waals surface area (Å²) in [5.41, 5.74) is 1.94. The van der Waals surface area contributed by atoms with Crippen LogP contribution in [0.3, 0.4) is 0 Å². The van der Waals surface area contributed by atoms with Crippen LogP contribution in [0.1, 0.15) is 170 Å². The van der Waals surface area contributed by atoms with E-state index in [4.69, 9.17) is 9.47 Å². The van der Waals surface area contributed by atoms with Crippen molar-refractivity contribution in [1.82, 2.24) is 0 Å². The molecule has 0 aromatic rings. The van der Waals surface area contributed by atoms with E-state index in [0.717, 1.165) is 19.6 Å². The second-order valence-corrected chi connectivity index (χ2v) is 17.2. The largest absolute Gasteiger partial charge is 0.376 e. The van der Waals surface area contributed by atoms with Crippen molar-refractivity contribution in [3.8, 4) is 0 Å². The quantitative estimate of drug-likeness (QED) is 0.308. The van der Waals surface area contributed by atoms with Crippen molar-refractivity contribution in [3.05, 3.63) is 0 Å². The molecular weight excluding hydrogens is 428 g/mol. The summed E-state index contributed by atoms with van der Waals surface area (Å²) in [5, 5.41) is 0. The monoisotopic (exact) mass is 501 g/mol. The lowest BCUT2D eigenvalue weighted by Crippen LogP contribution is -2.22. The minimum absolute atomic E-state index is 0.0191. The van der Waals surface area contributed by atoms with Gasteiger partial charge in [-0.05, 0) is 95.3 Å². The van der Waals surface area contributed by atoms with Gasteiger partial charge in [0.25, 0.3) is 0 Å². The van der Waals surface area contributed by atoms with Gasteiger partial charge >= 0.3 is 0 Å². The fourth-order valence-corrected chi connectivity index (χ4v) is 2.95. The first kappa shape index (κ1) is 39.4. The average molecular weight is 501 g/mol. The number of rotatable bonds is 8. The number of hydrogen-bond acceptors (Lipinski definition) is 2. The first-order chi connectivity index (χ1) is 15.1. The highest BCUT2D eigenvalue weighted by Gasteiger charge is 2.15. The smallest absolute Gasteiger partial charge is 0.0598 e. The van der Waals surface area contributed by atoms with Crippen molar-refractivity contribution in [1.29, 1.82) is 0 Å². The highest BCUT2D eigenvalue weighted by atomic mass is 16.5. The Balaban J connectivity index is -0.000000439. The predicted molar refractivity (Wildman–Crippen MR) is 162 cm³/mol. The van der Waals surface area contributed by atoms with Crippen molar-refractivity contribution in [2.24, 2.45) is 21.7 Å². The number of hydrogen-bond donors (Lipinski definition) is 0. The molecule has 0 atom stereocenters. The maximum Gasteiger partial charge on any atom is 0.0598 e. The van der Waals surface area contributed by atoms with Crippen LogP contribution >= 0.6 is 0 Å². The molecule has 2 nitrogen and oxygen atoms in total. The molecule has 0 spiro atoms. The summed E-state index contributed by atoms with van der Waals surface area (Å²) in [6, 6.07) is 0. The lowest BCUT2D eigenvalue weighted by molar-refractivity contribution is -0.0139. The summed E-state index contributed by atoms with van der Waals surface area (Å²) in [7, 11) is 0. The first-order valence-electron chi connectivity index (χ1n) is 14.4. The summed E-state index contributed by atoms with van der Waals surface area (Å²) in [6.45, 7) is 41.8. The SMILES string of the molecule is CC(C)(C)CCCCC(C)(C)C.CC(C)(C)CCCOC(C)(C)C.CC(C)(C)CCOC(C)(C)C. The van der Waals surface area contributed by atoms with Crippen LogP contribution in [0.5, 0.6) is 0 Å². The van der Waals surface area contributed by atoms with E-state index in [0.29, 0.717) is 21.7 Å². The Morgan fingerprint density at radius 3 is 0.829 bits per heavy atom. The fourth-order valence-electron chi connectivity index (χ4n) is 2.95. The fraction of sp³-hybridized carbons (Fsp3) is 1.00. The van der Waals surface area contributed by atoms with E-state index in [2.05, 4.69) is 125 Å². The molecular formula is C33H72O2. The van der Waals surface area contributed by atoms with Gasteiger partial charge < -0.3 is 9.47 Å². The molecule has 0 aliphatic rings. The third-order valence-electron chi connectivity index (χ3n) is 5.10. The van der Waals surface area contributed by atoms with Gasteiger partial charge in [-0.25, -0.2) is 0 Å². The molecule has 0 heterocycles. The van der Waals surface area contributed by atoms with Crippen molar-refractivity contribution < 1.29 is 9.47 Å².